The highest BCUT2D eigenvalue weighted by molar-refractivity contribution is 5.94. The van der Waals surface area contributed by atoms with E-state index >= 15 is 0 Å². The molecule has 1 aromatic carbocycles. The van der Waals surface area contributed by atoms with Crippen LogP contribution in [0, 0.1) is 11.2 Å². The number of hydrogen-bond donors (Lipinski definition) is 2. The van der Waals surface area contributed by atoms with E-state index in [0.29, 0.717) is 11.3 Å². The molecule has 2 N–H and O–H groups in total. The fraction of sp³-hybridized carbons (Fsp3) is 0.550. The summed E-state index contributed by atoms with van der Waals surface area (Å²) < 4.78 is 13.4. The number of halogens is 1. The lowest BCUT2D eigenvalue weighted by Gasteiger charge is -2.58. The Balaban J connectivity index is 0.00000109. The molecule has 4 rings (SSSR count). The van der Waals surface area contributed by atoms with Crippen LogP contribution in [-0.4, -0.2) is 53.3 Å². The number of likely N-dealkylation sites (tertiary alicyclic amines) is 1. The van der Waals surface area contributed by atoms with Gasteiger partial charge in [-0.15, -0.1) is 0 Å². The lowest BCUT2D eigenvalue weighted by molar-refractivity contribution is -0.151. The van der Waals surface area contributed by atoms with Gasteiger partial charge in [-0.2, -0.15) is 0 Å². The molecule has 0 aromatic heterocycles. The Kier molecular flexibility index (Phi) is 5.58. The predicted octanol–water partition coefficient (Wildman–Crippen LogP) is 2.33. The first-order chi connectivity index (χ1) is 13.3. The van der Waals surface area contributed by atoms with Gasteiger partial charge >= 0.3 is 6.03 Å². The predicted molar refractivity (Wildman–Crippen MR) is 103 cm³/mol. The Bertz CT molecular complexity index is 784. The third-order valence-electron chi connectivity index (χ3n) is 5.51. The van der Waals surface area contributed by atoms with Crippen molar-refractivity contribution in [3.05, 3.63) is 29.6 Å². The Morgan fingerprint density at radius 2 is 1.96 bits per heavy atom. The van der Waals surface area contributed by atoms with E-state index < -0.39 is 0 Å². The highest BCUT2D eigenvalue weighted by Crippen LogP contribution is 2.48. The van der Waals surface area contributed by atoms with Crippen molar-refractivity contribution in [2.75, 3.05) is 25.0 Å². The van der Waals surface area contributed by atoms with Gasteiger partial charge in [-0.1, -0.05) is 13.8 Å². The Morgan fingerprint density at radius 3 is 2.61 bits per heavy atom. The standard InChI is InChI=1S/C18H21FN4O3.C2H6/c1-11(24)23-9-18(10-23)5-14(6-18)20-16(25)8-22-7-12-4-13(19)2-3-15(12)21-17(22)26;1-2/h2-4,14H,5-10H2,1H3,(H,20,25)(H,21,26);1-2H3. The van der Waals surface area contributed by atoms with Crippen molar-refractivity contribution in [2.45, 2.75) is 46.2 Å². The van der Waals surface area contributed by atoms with E-state index in [1.165, 1.54) is 23.1 Å². The molecular weight excluding hydrogens is 363 g/mol. The summed E-state index contributed by atoms with van der Waals surface area (Å²) in [4.78, 5) is 38.8. The molecule has 7 nitrogen and oxygen atoms in total. The van der Waals surface area contributed by atoms with Crippen LogP contribution in [0.2, 0.25) is 0 Å². The molecule has 3 aliphatic rings. The van der Waals surface area contributed by atoms with Crippen LogP contribution in [0.5, 0.6) is 0 Å². The molecule has 1 spiro atoms. The zero-order chi connectivity index (χ0) is 20.5. The molecule has 0 bridgehead atoms. The van der Waals surface area contributed by atoms with Gasteiger partial charge in [0, 0.05) is 37.2 Å². The summed E-state index contributed by atoms with van der Waals surface area (Å²) in [5, 5.41) is 5.62. The first-order valence-corrected chi connectivity index (χ1v) is 9.73. The molecule has 1 aliphatic carbocycles. The van der Waals surface area contributed by atoms with E-state index in [0.717, 1.165) is 25.9 Å². The van der Waals surface area contributed by atoms with Crippen molar-refractivity contribution in [2.24, 2.45) is 5.41 Å². The lowest BCUT2D eigenvalue weighted by atomic mass is 9.60. The number of nitrogens with one attached hydrogen (secondary N) is 2. The molecule has 1 saturated carbocycles. The quantitative estimate of drug-likeness (QED) is 0.831. The fourth-order valence-corrected chi connectivity index (χ4v) is 4.19. The number of amides is 4. The van der Waals surface area contributed by atoms with Gasteiger partial charge in [0.2, 0.25) is 11.8 Å². The highest BCUT2D eigenvalue weighted by atomic mass is 19.1. The van der Waals surface area contributed by atoms with Crippen LogP contribution >= 0.6 is 0 Å². The molecule has 2 heterocycles. The van der Waals surface area contributed by atoms with E-state index in [1.807, 2.05) is 18.7 Å². The maximum atomic E-state index is 13.4. The van der Waals surface area contributed by atoms with Gasteiger partial charge < -0.3 is 20.4 Å². The van der Waals surface area contributed by atoms with Gasteiger partial charge in [-0.3, -0.25) is 9.59 Å². The molecule has 4 amide bonds. The second-order valence-electron chi connectivity index (χ2n) is 7.64. The van der Waals surface area contributed by atoms with Gasteiger partial charge in [-0.05, 0) is 36.6 Å². The Labute approximate surface area is 164 Å². The first-order valence-electron chi connectivity index (χ1n) is 9.73. The third-order valence-corrected chi connectivity index (χ3v) is 5.51. The Morgan fingerprint density at radius 1 is 1.29 bits per heavy atom. The number of nitrogens with zero attached hydrogens (tertiary/aromatic N) is 2. The van der Waals surface area contributed by atoms with Crippen LogP contribution in [0.4, 0.5) is 14.9 Å². The molecule has 1 aromatic rings. The minimum Gasteiger partial charge on any atom is -0.352 e. The molecular formula is C20H27FN4O3. The first kappa shape index (κ1) is 20.1. The van der Waals surface area contributed by atoms with Crippen molar-refractivity contribution >= 4 is 23.5 Å². The molecule has 152 valence electrons. The second kappa shape index (κ2) is 7.77. The smallest absolute Gasteiger partial charge is 0.322 e. The summed E-state index contributed by atoms with van der Waals surface area (Å²) in [5.74, 6) is -0.497. The minimum atomic E-state index is -0.371. The number of fused-ring (bicyclic) bond motifs is 1. The maximum absolute atomic E-state index is 13.4. The topological polar surface area (TPSA) is 81.8 Å². The number of carbonyl (C=O) groups excluding carboxylic acids is 3. The van der Waals surface area contributed by atoms with Gasteiger partial charge in [0.1, 0.15) is 12.4 Å². The number of anilines is 1. The van der Waals surface area contributed by atoms with Crippen molar-refractivity contribution in [1.82, 2.24) is 15.1 Å². The third kappa shape index (κ3) is 3.95. The summed E-state index contributed by atoms with van der Waals surface area (Å²) in [6.45, 7) is 7.25. The fourth-order valence-electron chi connectivity index (χ4n) is 4.19. The highest BCUT2D eigenvalue weighted by Gasteiger charge is 2.53. The Hall–Kier alpha value is -2.64. The molecule has 2 fully saturated rings. The summed E-state index contributed by atoms with van der Waals surface area (Å²) in [6, 6.07) is 3.92. The monoisotopic (exact) mass is 390 g/mol. The molecule has 28 heavy (non-hydrogen) atoms. The minimum absolute atomic E-state index is 0.0646. The summed E-state index contributed by atoms with van der Waals surface area (Å²) in [6.07, 6.45) is 1.73. The van der Waals surface area contributed by atoms with Crippen LogP contribution < -0.4 is 10.6 Å². The number of benzene rings is 1. The average Bonchev–Trinajstić information content (AvgIpc) is 2.58. The van der Waals surface area contributed by atoms with Gasteiger partial charge in [0.05, 0.1) is 6.54 Å². The van der Waals surface area contributed by atoms with Crippen LogP contribution in [0.25, 0.3) is 0 Å². The molecule has 1 saturated heterocycles. The number of hydrogen-bond acceptors (Lipinski definition) is 3. The zero-order valence-corrected chi connectivity index (χ0v) is 16.5. The zero-order valence-electron chi connectivity index (χ0n) is 16.5. The largest absolute Gasteiger partial charge is 0.352 e. The second-order valence-corrected chi connectivity index (χ2v) is 7.64. The summed E-state index contributed by atoms with van der Waals surface area (Å²) >= 11 is 0. The molecule has 2 aliphatic heterocycles. The average molecular weight is 390 g/mol. The number of carbonyl (C=O) groups is 3. The van der Waals surface area contributed by atoms with E-state index in [9.17, 15) is 18.8 Å². The summed E-state index contributed by atoms with van der Waals surface area (Å²) in [7, 11) is 0. The molecule has 0 atom stereocenters. The van der Waals surface area contributed by atoms with Crippen LogP contribution in [0.15, 0.2) is 18.2 Å². The van der Waals surface area contributed by atoms with E-state index in [1.54, 1.807) is 6.92 Å². The maximum Gasteiger partial charge on any atom is 0.322 e. The van der Waals surface area contributed by atoms with E-state index in [4.69, 9.17) is 0 Å². The van der Waals surface area contributed by atoms with Crippen molar-refractivity contribution < 1.29 is 18.8 Å². The normalized spacial score (nSPS) is 19.5. The van der Waals surface area contributed by atoms with Crippen molar-refractivity contribution in [3.8, 4) is 0 Å². The van der Waals surface area contributed by atoms with Gasteiger partial charge in [-0.25, -0.2) is 9.18 Å². The van der Waals surface area contributed by atoms with E-state index in [2.05, 4.69) is 10.6 Å². The van der Waals surface area contributed by atoms with Crippen LogP contribution in [0.3, 0.4) is 0 Å². The molecule has 0 radical (unpaired) electrons. The number of rotatable bonds is 3. The SMILES string of the molecule is CC.CC(=O)N1CC2(CC(NC(=O)CN3Cc4cc(F)ccc4NC3=O)C2)C1. The summed E-state index contributed by atoms with van der Waals surface area (Å²) in [5.41, 5.74) is 1.40. The van der Waals surface area contributed by atoms with Crippen molar-refractivity contribution in [3.63, 3.8) is 0 Å². The molecule has 8 heteroatoms. The van der Waals surface area contributed by atoms with Gasteiger partial charge in [0.25, 0.3) is 0 Å². The van der Waals surface area contributed by atoms with Crippen LogP contribution in [-0.2, 0) is 16.1 Å². The van der Waals surface area contributed by atoms with Crippen molar-refractivity contribution in [1.29, 1.82) is 0 Å². The van der Waals surface area contributed by atoms with Crippen LogP contribution in [0.1, 0.15) is 39.2 Å². The van der Waals surface area contributed by atoms with Gasteiger partial charge in [0.15, 0.2) is 0 Å². The van der Waals surface area contributed by atoms with E-state index in [-0.39, 0.29) is 48.2 Å². The lowest BCUT2D eigenvalue weighted by Crippen LogP contribution is -2.67. The number of urea groups is 1. The molecule has 0 unspecified atom stereocenters.